The maximum absolute atomic E-state index is 9.90. The van der Waals surface area contributed by atoms with Crippen molar-refractivity contribution in [2.75, 3.05) is 6.61 Å². The van der Waals surface area contributed by atoms with Crippen LogP contribution in [0.2, 0.25) is 0 Å². The number of hydrogen-bond acceptors (Lipinski definition) is 3. The van der Waals surface area contributed by atoms with Crippen molar-refractivity contribution in [1.29, 1.82) is 0 Å². The number of rotatable bonds is 5. The number of halogens is 1. The van der Waals surface area contributed by atoms with Gasteiger partial charge in [0.05, 0.1) is 17.7 Å². The number of aryl methyl sites for hydroxylation is 1. The van der Waals surface area contributed by atoms with Crippen molar-refractivity contribution >= 4 is 15.9 Å². The third kappa shape index (κ3) is 3.45. The molecule has 1 heterocycles. The predicted octanol–water partition coefficient (Wildman–Crippen LogP) is 3.60. The first kappa shape index (κ1) is 13.3. The molecule has 1 aromatic carbocycles. The van der Waals surface area contributed by atoms with Gasteiger partial charge in [-0.25, -0.2) is 0 Å². The molecule has 1 aromatic heterocycles. The minimum absolute atomic E-state index is 0.217. The average molecular weight is 311 g/mol. The van der Waals surface area contributed by atoms with Gasteiger partial charge in [0.25, 0.3) is 0 Å². The van der Waals surface area contributed by atoms with Crippen LogP contribution < -0.4 is 0 Å². The minimum Gasteiger partial charge on any atom is -0.462 e. The van der Waals surface area contributed by atoms with Crippen LogP contribution in [0.1, 0.15) is 23.2 Å². The molecule has 18 heavy (non-hydrogen) atoms. The fraction of sp³-hybridized carbons (Fsp3) is 0.286. The second-order valence-electron chi connectivity index (χ2n) is 4.07. The average Bonchev–Trinajstić information content (AvgIpc) is 2.71. The number of aliphatic hydroxyl groups excluding tert-OH is 1. The Morgan fingerprint density at radius 3 is 2.67 bits per heavy atom. The summed E-state index contributed by atoms with van der Waals surface area (Å²) in [6, 6.07) is 11.6. The first-order valence-corrected chi connectivity index (χ1v) is 6.51. The van der Waals surface area contributed by atoms with Crippen molar-refractivity contribution < 1.29 is 14.3 Å². The third-order valence-corrected chi connectivity index (χ3v) is 3.38. The Balaban J connectivity index is 1.83. The molecular weight excluding hydrogens is 296 g/mol. The van der Waals surface area contributed by atoms with Crippen LogP contribution in [0.5, 0.6) is 0 Å². The highest BCUT2D eigenvalue weighted by atomic mass is 79.9. The maximum Gasteiger partial charge on any atom is 0.136 e. The van der Waals surface area contributed by atoms with E-state index in [1.165, 1.54) is 0 Å². The van der Waals surface area contributed by atoms with E-state index in [0.29, 0.717) is 12.4 Å². The van der Waals surface area contributed by atoms with Crippen LogP contribution in [0, 0.1) is 6.92 Å². The predicted molar refractivity (Wildman–Crippen MR) is 72.2 cm³/mol. The lowest BCUT2D eigenvalue weighted by atomic mass is 10.2. The first-order valence-electron chi connectivity index (χ1n) is 5.72. The van der Waals surface area contributed by atoms with Crippen molar-refractivity contribution in [3.05, 3.63) is 58.0 Å². The molecule has 0 aliphatic carbocycles. The molecule has 1 N–H and O–H groups in total. The Morgan fingerprint density at radius 1 is 1.33 bits per heavy atom. The largest absolute Gasteiger partial charge is 0.462 e. The van der Waals surface area contributed by atoms with Gasteiger partial charge < -0.3 is 14.3 Å². The zero-order valence-electron chi connectivity index (χ0n) is 10.1. The second kappa shape index (κ2) is 6.18. The quantitative estimate of drug-likeness (QED) is 0.917. The fourth-order valence-electron chi connectivity index (χ4n) is 1.59. The minimum atomic E-state index is -0.737. The highest BCUT2D eigenvalue weighted by molar-refractivity contribution is 9.10. The van der Waals surface area contributed by atoms with E-state index in [2.05, 4.69) is 15.9 Å². The summed E-state index contributed by atoms with van der Waals surface area (Å²) in [4.78, 5) is 0. The molecule has 0 saturated heterocycles. The summed E-state index contributed by atoms with van der Waals surface area (Å²) in [5.74, 6) is 1.28. The molecular formula is C14H15BrO3. The van der Waals surface area contributed by atoms with E-state index in [0.717, 1.165) is 15.8 Å². The van der Waals surface area contributed by atoms with E-state index in [1.807, 2.05) is 37.3 Å². The van der Waals surface area contributed by atoms with Gasteiger partial charge in [-0.1, -0.05) is 30.3 Å². The molecule has 0 amide bonds. The molecule has 2 aromatic rings. The summed E-state index contributed by atoms with van der Waals surface area (Å²) >= 11 is 3.34. The topological polar surface area (TPSA) is 42.6 Å². The molecule has 1 unspecified atom stereocenters. The van der Waals surface area contributed by atoms with E-state index >= 15 is 0 Å². The highest BCUT2D eigenvalue weighted by Crippen LogP contribution is 2.25. The van der Waals surface area contributed by atoms with E-state index in [-0.39, 0.29) is 6.61 Å². The van der Waals surface area contributed by atoms with Crippen molar-refractivity contribution in [3.8, 4) is 0 Å². The SMILES string of the molecule is Cc1oc(C(O)COCc2ccccc2)cc1Br. The van der Waals surface area contributed by atoms with Gasteiger partial charge in [-0.05, 0) is 34.5 Å². The second-order valence-corrected chi connectivity index (χ2v) is 4.92. The molecule has 4 heteroatoms. The van der Waals surface area contributed by atoms with Crippen LogP contribution in [0.3, 0.4) is 0 Å². The number of aliphatic hydroxyl groups is 1. The number of ether oxygens (including phenoxy) is 1. The van der Waals surface area contributed by atoms with Crippen molar-refractivity contribution in [3.63, 3.8) is 0 Å². The van der Waals surface area contributed by atoms with Crippen LogP contribution in [0.15, 0.2) is 45.3 Å². The molecule has 0 fully saturated rings. The first-order chi connectivity index (χ1) is 8.66. The Labute approximate surface area is 115 Å². The highest BCUT2D eigenvalue weighted by Gasteiger charge is 2.14. The van der Waals surface area contributed by atoms with Gasteiger partial charge in [0, 0.05) is 0 Å². The van der Waals surface area contributed by atoms with Crippen molar-refractivity contribution in [2.45, 2.75) is 19.6 Å². The Morgan fingerprint density at radius 2 is 2.06 bits per heavy atom. The van der Waals surface area contributed by atoms with Crippen LogP contribution in [-0.4, -0.2) is 11.7 Å². The Bertz CT molecular complexity index is 473. The van der Waals surface area contributed by atoms with E-state index in [4.69, 9.17) is 9.15 Å². The van der Waals surface area contributed by atoms with Crippen LogP contribution in [-0.2, 0) is 11.3 Å². The zero-order chi connectivity index (χ0) is 13.0. The Kier molecular flexibility index (Phi) is 4.58. The van der Waals surface area contributed by atoms with Gasteiger partial charge in [0.1, 0.15) is 17.6 Å². The maximum atomic E-state index is 9.90. The van der Waals surface area contributed by atoms with Gasteiger partial charge >= 0.3 is 0 Å². The van der Waals surface area contributed by atoms with Crippen molar-refractivity contribution in [1.82, 2.24) is 0 Å². The summed E-state index contributed by atoms with van der Waals surface area (Å²) in [7, 11) is 0. The Hall–Kier alpha value is -1.10. The van der Waals surface area contributed by atoms with E-state index in [9.17, 15) is 5.11 Å². The molecule has 0 radical (unpaired) electrons. The summed E-state index contributed by atoms with van der Waals surface area (Å²) in [5.41, 5.74) is 1.08. The molecule has 96 valence electrons. The molecule has 0 aliphatic rings. The standard InChI is InChI=1S/C14H15BrO3/c1-10-12(15)7-14(18-10)13(16)9-17-8-11-5-3-2-4-6-11/h2-7,13,16H,8-9H2,1H3. The van der Waals surface area contributed by atoms with E-state index in [1.54, 1.807) is 6.07 Å². The molecule has 1 atom stereocenters. The lowest BCUT2D eigenvalue weighted by Crippen LogP contribution is -2.06. The summed E-state index contributed by atoms with van der Waals surface area (Å²) < 4.78 is 11.7. The lowest BCUT2D eigenvalue weighted by molar-refractivity contribution is 0.0169. The molecule has 0 spiro atoms. The molecule has 2 rings (SSSR count). The van der Waals surface area contributed by atoms with Gasteiger partial charge in [0.2, 0.25) is 0 Å². The lowest BCUT2D eigenvalue weighted by Gasteiger charge is -2.08. The summed E-state index contributed by atoms with van der Waals surface area (Å²) in [6.07, 6.45) is -0.737. The monoisotopic (exact) mass is 310 g/mol. The van der Waals surface area contributed by atoms with Gasteiger partial charge in [-0.2, -0.15) is 0 Å². The van der Waals surface area contributed by atoms with Gasteiger partial charge in [-0.15, -0.1) is 0 Å². The molecule has 0 saturated carbocycles. The number of hydrogen-bond donors (Lipinski definition) is 1. The third-order valence-electron chi connectivity index (χ3n) is 2.59. The number of furan rings is 1. The summed E-state index contributed by atoms with van der Waals surface area (Å²) in [5, 5.41) is 9.90. The van der Waals surface area contributed by atoms with Gasteiger partial charge in [-0.3, -0.25) is 0 Å². The van der Waals surface area contributed by atoms with E-state index < -0.39 is 6.10 Å². The van der Waals surface area contributed by atoms with Gasteiger partial charge in [0.15, 0.2) is 0 Å². The fourth-order valence-corrected chi connectivity index (χ4v) is 1.90. The zero-order valence-corrected chi connectivity index (χ0v) is 11.7. The van der Waals surface area contributed by atoms with Crippen LogP contribution in [0.25, 0.3) is 0 Å². The summed E-state index contributed by atoms with van der Waals surface area (Å²) in [6.45, 7) is 2.54. The van der Waals surface area contributed by atoms with Crippen LogP contribution in [0.4, 0.5) is 0 Å². The van der Waals surface area contributed by atoms with Crippen LogP contribution >= 0.6 is 15.9 Å². The normalized spacial score (nSPS) is 12.6. The smallest absolute Gasteiger partial charge is 0.136 e. The molecule has 0 aliphatic heterocycles. The number of benzene rings is 1. The van der Waals surface area contributed by atoms with Crippen molar-refractivity contribution in [2.24, 2.45) is 0 Å². The molecule has 3 nitrogen and oxygen atoms in total. The molecule has 0 bridgehead atoms.